The normalized spacial score (nSPS) is 30.9. The minimum atomic E-state index is 0.557. The Hall–Kier alpha value is -1.05. The summed E-state index contributed by atoms with van der Waals surface area (Å²) in [7, 11) is 0. The van der Waals surface area contributed by atoms with E-state index >= 15 is 0 Å². The smallest absolute Gasteiger partial charge is 0.0397 e. The lowest BCUT2D eigenvalue weighted by Gasteiger charge is -2.42. The van der Waals surface area contributed by atoms with Crippen LogP contribution in [0.1, 0.15) is 46.0 Å². The van der Waals surface area contributed by atoms with E-state index in [2.05, 4.69) is 35.9 Å². The van der Waals surface area contributed by atoms with Crippen LogP contribution in [0.5, 0.6) is 0 Å². The first-order chi connectivity index (χ1) is 8.59. The molecular weight excluding hydrogens is 220 g/mol. The maximum Gasteiger partial charge on any atom is 0.0397 e. The Morgan fingerprint density at radius 2 is 1.89 bits per heavy atom. The average molecular weight is 244 g/mol. The van der Waals surface area contributed by atoms with Crippen LogP contribution in [-0.4, -0.2) is 18.1 Å². The van der Waals surface area contributed by atoms with Crippen LogP contribution in [0.4, 0.5) is 5.69 Å². The van der Waals surface area contributed by atoms with Crippen molar-refractivity contribution in [1.29, 1.82) is 0 Å². The number of pyridine rings is 1. The SMILES string of the molecule is CC1(C)CCC2(CCCN(c3ccncc3)C2)C1. The highest BCUT2D eigenvalue weighted by atomic mass is 15.1. The molecule has 0 N–H and O–H groups in total. The van der Waals surface area contributed by atoms with E-state index in [-0.39, 0.29) is 0 Å². The van der Waals surface area contributed by atoms with Crippen molar-refractivity contribution in [2.75, 3.05) is 18.0 Å². The summed E-state index contributed by atoms with van der Waals surface area (Å²) in [6.07, 6.45) is 10.8. The molecule has 1 aromatic heterocycles. The summed E-state index contributed by atoms with van der Waals surface area (Å²) in [5, 5.41) is 0. The zero-order chi connectivity index (χ0) is 12.6. The van der Waals surface area contributed by atoms with E-state index in [1.807, 2.05) is 12.4 Å². The summed E-state index contributed by atoms with van der Waals surface area (Å²) in [6.45, 7) is 7.34. The van der Waals surface area contributed by atoms with Crippen molar-refractivity contribution >= 4 is 5.69 Å². The third-order valence-corrected chi connectivity index (χ3v) is 4.87. The third kappa shape index (κ3) is 2.25. The number of hydrogen-bond acceptors (Lipinski definition) is 2. The molecule has 2 heteroatoms. The van der Waals surface area contributed by atoms with Gasteiger partial charge in [-0.2, -0.15) is 0 Å². The van der Waals surface area contributed by atoms with Crippen molar-refractivity contribution in [3.05, 3.63) is 24.5 Å². The molecule has 2 heterocycles. The number of nitrogens with zero attached hydrogens (tertiary/aromatic N) is 2. The lowest BCUT2D eigenvalue weighted by molar-refractivity contribution is 0.211. The standard InChI is InChI=1S/C16H24N2/c1-15(2)7-8-16(12-15)6-3-11-18(13-16)14-4-9-17-10-5-14/h4-5,9-10H,3,6-8,11-13H2,1-2H3. The van der Waals surface area contributed by atoms with Gasteiger partial charge in [-0.3, -0.25) is 4.98 Å². The average Bonchev–Trinajstić information content (AvgIpc) is 2.66. The van der Waals surface area contributed by atoms with Gasteiger partial charge in [0.1, 0.15) is 0 Å². The molecule has 98 valence electrons. The summed E-state index contributed by atoms with van der Waals surface area (Å²) in [4.78, 5) is 6.70. The topological polar surface area (TPSA) is 16.1 Å². The minimum Gasteiger partial charge on any atom is -0.371 e. The monoisotopic (exact) mass is 244 g/mol. The van der Waals surface area contributed by atoms with E-state index in [9.17, 15) is 0 Å². The molecule has 1 saturated heterocycles. The molecular formula is C16H24N2. The van der Waals surface area contributed by atoms with Gasteiger partial charge in [0.25, 0.3) is 0 Å². The van der Waals surface area contributed by atoms with Gasteiger partial charge in [0, 0.05) is 31.2 Å². The molecule has 0 radical (unpaired) electrons. The predicted molar refractivity (Wildman–Crippen MR) is 75.7 cm³/mol. The van der Waals surface area contributed by atoms with E-state index in [0.29, 0.717) is 10.8 Å². The zero-order valence-corrected chi connectivity index (χ0v) is 11.7. The molecule has 3 rings (SSSR count). The Kier molecular flexibility index (Phi) is 2.84. The predicted octanol–water partition coefficient (Wildman–Crippen LogP) is 3.88. The van der Waals surface area contributed by atoms with Crippen LogP contribution in [0.3, 0.4) is 0 Å². The first-order valence-electron chi connectivity index (χ1n) is 7.24. The lowest BCUT2D eigenvalue weighted by Crippen LogP contribution is -2.42. The molecule has 0 aromatic carbocycles. The van der Waals surface area contributed by atoms with Gasteiger partial charge in [-0.1, -0.05) is 13.8 Å². The van der Waals surface area contributed by atoms with Crippen LogP contribution in [0.15, 0.2) is 24.5 Å². The highest BCUT2D eigenvalue weighted by molar-refractivity contribution is 5.45. The van der Waals surface area contributed by atoms with Crippen molar-refractivity contribution in [2.45, 2.75) is 46.0 Å². The molecule has 1 atom stereocenters. The second-order valence-electron chi connectivity index (χ2n) is 7.07. The Morgan fingerprint density at radius 1 is 1.11 bits per heavy atom. The van der Waals surface area contributed by atoms with Crippen molar-refractivity contribution in [3.63, 3.8) is 0 Å². The van der Waals surface area contributed by atoms with Crippen molar-refractivity contribution in [3.8, 4) is 0 Å². The van der Waals surface area contributed by atoms with Crippen LogP contribution >= 0.6 is 0 Å². The molecule has 0 amide bonds. The quantitative estimate of drug-likeness (QED) is 0.745. The molecule has 1 aliphatic heterocycles. The number of piperidine rings is 1. The lowest BCUT2D eigenvalue weighted by atomic mass is 9.75. The van der Waals surface area contributed by atoms with E-state index < -0.39 is 0 Å². The van der Waals surface area contributed by atoms with Gasteiger partial charge < -0.3 is 4.90 Å². The fourth-order valence-electron chi connectivity index (χ4n) is 4.13. The minimum absolute atomic E-state index is 0.557. The van der Waals surface area contributed by atoms with E-state index in [1.54, 1.807) is 0 Å². The molecule has 0 bridgehead atoms. The molecule has 2 aliphatic rings. The Bertz CT molecular complexity index is 412. The summed E-state index contributed by atoms with van der Waals surface area (Å²) in [5.74, 6) is 0. The molecule has 1 saturated carbocycles. The first-order valence-corrected chi connectivity index (χ1v) is 7.24. The van der Waals surface area contributed by atoms with Crippen molar-refractivity contribution in [1.82, 2.24) is 4.98 Å². The Labute approximate surface area is 110 Å². The third-order valence-electron chi connectivity index (χ3n) is 4.87. The molecule has 2 fully saturated rings. The molecule has 2 nitrogen and oxygen atoms in total. The van der Waals surface area contributed by atoms with Crippen molar-refractivity contribution in [2.24, 2.45) is 10.8 Å². The first kappa shape index (κ1) is 12.0. The van der Waals surface area contributed by atoms with Crippen LogP contribution in [0.2, 0.25) is 0 Å². The molecule has 1 spiro atoms. The molecule has 1 unspecified atom stereocenters. The summed E-state index contributed by atoms with van der Waals surface area (Å²) in [6, 6.07) is 4.30. The zero-order valence-electron chi connectivity index (χ0n) is 11.7. The van der Waals surface area contributed by atoms with Gasteiger partial charge in [0.15, 0.2) is 0 Å². The fraction of sp³-hybridized carbons (Fsp3) is 0.688. The van der Waals surface area contributed by atoms with Gasteiger partial charge in [0.2, 0.25) is 0 Å². The molecule has 18 heavy (non-hydrogen) atoms. The number of rotatable bonds is 1. The van der Waals surface area contributed by atoms with Gasteiger partial charge >= 0.3 is 0 Å². The largest absolute Gasteiger partial charge is 0.371 e. The van der Waals surface area contributed by atoms with Crippen LogP contribution < -0.4 is 4.90 Å². The highest BCUT2D eigenvalue weighted by Crippen LogP contribution is 2.53. The summed E-state index contributed by atoms with van der Waals surface area (Å²) < 4.78 is 0. The van der Waals surface area contributed by atoms with Gasteiger partial charge in [-0.25, -0.2) is 0 Å². The van der Waals surface area contributed by atoms with Gasteiger partial charge in [-0.05, 0) is 55.1 Å². The molecule has 1 aliphatic carbocycles. The summed E-state index contributed by atoms with van der Waals surface area (Å²) >= 11 is 0. The number of aromatic nitrogens is 1. The van der Waals surface area contributed by atoms with E-state index in [1.165, 1.54) is 50.9 Å². The fourth-order valence-corrected chi connectivity index (χ4v) is 4.13. The second kappa shape index (κ2) is 4.25. The molecule has 1 aromatic rings. The van der Waals surface area contributed by atoms with Crippen molar-refractivity contribution < 1.29 is 0 Å². The highest BCUT2D eigenvalue weighted by Gasteiger charge is 2.45. The van der Waals surface area contributed by atoms with Crippen LogP contribution in [0, 0.1) is 10.8 Å². The maximum absolute atomic E-state index is 4.13. The van der Waals surface area contributed by atoms with E-state index in [4.69, 9.17) is 0 Å². The Balaban J connectivity index is 1.77. The maximum atomic E-state index is 4.13. The van der Waals surface area contributed by atoms with Gasteiger partial charge in [0.05, 0.1) is 0 Å². The van der Waals surface area contributed by atoms with Crippen LogP contribution in [0.25, 0.3) is 0 Å². The van der Waals surface area contributed by atoms with Gasteiger partial charge in [-0.15, -0.1) is 0 Å². The Morgan fingerprint density at radius 3 is 2.56 bits per heavy atom. The second-order valence-corrected chi connectivity index (χ2v) is 7.07. The van der Waals surface area contributed by atoms with Crippen LogP contribution in [-0.2, 0) is 0 Å². The van der Waals surface area contributed by atoms with E-state index in [0.717, 1.165) is 0 Å². The summed E-state index contributed by atoms with van der Waals surface area (Å²) in [5.41, 5.74) is 2.50. The number of anilines is 1. The number of hydrogen-bond donors (Lipinski definition) is 0.